The summed E-state index contributed by atoms with van der Waals surface area (Å²) in [5, 5.41) is 3.46. The highest BCUT2D eigenvalue weighted by Crippen LogP contribution is 2.21. The first-order valence-electron chi connectivity index (χ1n) is 11.0. The van der Waals surface area contributed by atoms with Crippen molar-refractivity contribution in [3.63, 3.8) is 0 Å². The summed E-state index contributed by atoms with van der Waals surface area (Å²) >= 11 is 0. The van der Waals surface area contributed by atoms with E-state index in [-0.39, 0.29) is 30.6 Å². The maximum absolute atomic E-state index is 12.9. The molecule has 1 aromatic heterocycles. The SMILES string of the molecule is CCn1c(=O)c2ccccc2n(CC(=O)NCC(C2CCOC2)N2CCOCC2)c1=O. The van der Waals surface area contributed by atoms with Crippen molar-refractivity contribution < 1.29 is 14.3 Å². The number of benzene rings is 1. The fourth-order valence-electron chi connectivity index (χ4n) is 4.58. The van der Waals surface area contributed by atoms with E-state index in [1.54, 1.807) is 31.2 Å². The molecule has 0 bridgehead atoms. The number of para-hydroxylation sites is 1. The van der Waals surface area contributed by atoms with Gasteiger partial charge in [-0.1, -0.05) is 12.1 Å². The molecule has 0 spiro atoms. The third-order valence-electron chi connectivity index (χ3n) is 6.28. The predicted octanol–water partition coefficient (Wildman–Crippen LogP) is 0.0366. The number of morpholine rings is 1. The zero-order valence-corrected chi connectivity index (χ0v) is 17.9. The van der Waals surface area contributed by atoms with Crippen LogP contribution in [0.3, 0.4) is 0 Å². The number of nitrogens with one attached hydrogen (secondary N) is 1. The van der Waals surface area contributed by atoms with Crippen LogP contribution in [-0.2, 0) is 27.4 Å². The van der Waals surface area contributed by atoms with Gasteiger partial charge in [0.05, 0.1) is 30.7 Å². The number of carbonyl (C=O) groups is 1. The van der Waals surface area contributed by atoms with E-state index in [2.05, 4.69) is 10.2 Å². The van der Waals surface area contributed by atoms with Gasteiger partial charge in [-0.15, -0.1) is 0 Å². The fourth-order valence-corrected chi connectivity index (χ4v) is 4.58. The van der Waals surface area contributed by atoms with E-state index >= 15 is 0 Å². The Hall–Kier alpha value is -2.49. The molecule has 4 rings (SSSR count). The van der Waals surface area contributed by atoms with Crippen LogP contribution in [0.4, 0.5) is 0 Å². The first-order valence-corrected chi connectivity index (χ1v) is 11.0. The maximum atomic E-state index is 12.9. The predicted molar refractivity (Wildman–Crippen MR) is 116 cm³/mol. The van der Waals surface area contributed by atoms with E-state index in [1.807, 2.05) is 0 Å². The largest absolute Gasteiger partial charge is 0.381 e. The van der Waals surface area contributed by atoms with Crippen molar-refractivity contribution in [3.8, 4) is 0 Å². The minimum absolute atomic E-state index is 0.128. The molecule has 9 nitrogen and oxygen atoms in total. The minimum Gasteiger partial charge on any atom is -0.381 e. The molecule has 0 radical (unpaired) electrons. The number of aromatic nitrogens is 2. The molecule has 0 aliphatic carbocycles. The summed E-state index contributed by atoms with van der Waals surface area (Å²) in [7, 11) is 0. The van der Waals surface area contributed by atoms with Gasteiger partial charge in [-0.25, -0.2) is 4.79 Å². The highest BCUT2D eigenvalue weighted by molar-refractivity contribution is 5.81. The summed E-state index contributed by atoms with van der Waals surface area (Å²) in [6.45, 7) is 6.87. The number of nitrogens with zero attached hydrogens (tertiary/aromatic N) is 3. The van der Waals surface area contributed by atoms with Gasteiger partial charge >= 0.3 is 5.69 Å². The Morgan fingerprint density at radius 1 is 1.13 bits per heavy atom. The second-order valence-electron chi connectivity index (χ2n) is 8.08. The van der Waals surface area contributed by atoms with Gasteiger partial charge in [-0.05, 0) is 25.5 Å². The van der Waals surface area contributed by atoms with Crippen molar-refractivity contribution in [1.29, 1.82) is 0 Å². The molecule has 1 N–H and O–H groups in total. The summed E-state index contributed by atoms with van der Waals surface area (Å²) in [6.07, 6.45) is 0.976. The van der Waals surface area contributed by atoms with Gasteiger partial charge in [0.2, 0.25) is 5.91 Å². The van der Waals surface area contributed by atoms with Crippen LogP contribution < -0.4 is 16.6 Å². The molecular weight excluding hydrogens is 400 g/mol. The van der Waals surface area contributed by atoms with E-state index in [1.165, 1.54) is 9.13 Å². The van der Waals surface area contributed by atoms with E-state index in [9.17, 15) is 14.4 Å². The zero-order valence-electron chi connectivity index (χ0n) is 17.9. The quantitative estimate of drug-likeness (QED) is 0.666. The van der Waals surface area contributed by atoms with Gasteiger partial charge in [0.15, 0.2) is 0 Å². The topological polar surface area (TPSA) is 94.8 Å². The Bertz CT molecular complexity index is 1030. The number of carbonyl (C=O) groups excluding carboxylic acids is 1. The molecule has 2 aromatic rings. The average molecular weight is 431 g/mol. The summed E-state index contributed by atoms with van der Waals surface area (Å²) in [6, 6.07) is 7.09. The number of rotatable bonds is 7. The maximum Gasteiger partial charge on any atom is 0.331 e. The second-order valence-corrected chi connectivity index (χ2v) is 8.08. The smallest absolute Gasteiger partial charge is 0.331 e. The zero-order chi connectivity index (χ0) is 21.8. The Morgan fingerprint density at radius 2 is 1.90 bits per heavy atom. The van der Waals surface area contributed by atoms with Crippen molar-refractivity contribution >= 4 is 16.8 Å². The monoisotopic (exact) mass is 430 g/mol. The third kappa shape index (κ3) is 4.58. The van der Waals surface area contributed by atoms with Crippen LogP contribution in [-0.4, -0.2) is 72.0 Å². The molecule has 3 heterocycles. The van der Waals surface area contributed by atoms with Gasteiger partial charge < -0.3 is 14.8 Å². The Kier molecular flexibility index (Phi) is 6.84. The van der Waals surface area contributed by atoms with Crippen LogP contribution in [0.2, 0.25) is 0 Å². The van der Waals surface area contributed by atoms with Gasteiger partial charge in [0.25, 0.3) is 5.56 Å². The van der Waals surface area contributed by atoms with E-state index in [0.717, 1.165) is 26.1 Å². The lowest BCUT2D eigenvalue weighted by Gasteiger charge is -2.37. The molecular formula is C22H30N4O5. The van der Waals surface area contributed by atoms with Gasteiger partial charge in [-0.2, -0.15) is 0 Å². The Morgan fingerprint density at radius 3 is 2.61 bits per heavy atom. The van der Waals surface area contributed by atoms with Crippen molar-refractivity contribution in [1.82, 2.24) is 19.4 Å². The molecule has 2 aliphatic rings. The van der Waals surface area contributed by atoms with Crippen LogP contribution in [0, 0.1) is 5.92 Å². The molecule has 0 saturated carbocycles. The lowest BCUT2D eigenvalue weighted by molar-refractivity contribution is -0.122. The van der Waals surface area contributed by atoms with Crippen LogP contribution in [0.15, 0.2) is 33.9 Å². The number of hydrogen-bond acceptors (Lipinski definition) is 6. The lowest BCUT2D eigenvalue weighted by atomic mass is 9.97. The van der Waals surface area contributed by atoms with Crippen molar-refractivity contribution in [2.45, 2.75) is 32.5 Å². The molecule has 31 heavy (non-hydrogen) atoms. The van der Waals surface area contributed by atoms with Crippen molar-refractivity contribution in [3.05, 3.63) is 45.1 Å². The number of amides is 1. The molecule has 9 heteroatoms. The summed E-state index contributed by atoms with van der Waals surface area (Å²) in [5.41, 5.74) is -0.310. The number of hydrogen-bond donors (Lipinski definition) is 1. The summed E-state index contributed by atoms with van der Waals surface area (Å²) in [4.78, 5) is 40.7. The van der Waals surface area contributed by atoms with E-state index in [0.29, 0.717) is 43.2 Å². The standard InChI is InChI=1S/C22H30N4O5/c1-2-25-21(28)17-5-3-4-6-18(17)26(22(25)29)14-20(27)23-13-19(16-7-10-31-15-16)24-8-11-30-12-9-24/h3-6,16,19H,2,7-15H2,1H3,(H,23,27). The molecule has 2 atom stereocenters. The van der Waals surface area contributed by atoms with Crippen molar-refractivity contribution in [2.24, 2.45) is 5.92 Å². The van der Waals surface area contributed by atoms with Gasteiger partial charge in [0, 0.05) is 44.7 Å². The molecule has 2 fully saturated rings. The Balaban J connectivity index is 1.52. The molecule has 1 amide bonds. The van der Waals surface area contributed by atoms with Gasteiger partial charge in [-0.3, -0.25) is 23.6 Å². The first kappa shape index (κ1) is 21.7. The summed E-state index contributed by atoms with van der Waals surface area (Å²) in [5.74, 6) is 0.120. The summed E-state index contributed by atoms with van der Waals surface area (Å²) < 4.78 is 13.6. The van der Waals surface area contributed by atoms with Crippen LogP contribution in [0.1, 0.15) is 13.3 Å². The molecule has 2 saturated heterocycles. The van der Waals surface area contributed by atoms with Crippen LogP contribution in [0.25, 0.3) is 10.9 Å². The van der Waals surface area contributed by atoms with E-state index in [4.69, 9.17) is 9.47 Å². The second kappa shape index (κ2) is 9.76. The van der Waals surface area contributed by atoms with E-state index < -0.39 is 5.69 Å². The van der Waals surface area contributed by atoms with Gasteiger partial charge in [0.1, 0.15) is 6.54 Å². The number of fused-ring (bicyclic) bond motifs is 1. The highest BCUT2D eigenvalue weighted by Gasteiger charge is 2.31. The lowest BCUT2D eigenvalue weighted by Crippen LogP contribution is -2.53. The Labute approximate surface area is 180 Å². The first-order chi connectivity index (χ1) is 15.1. The van der Waals surface area contributed by atoms with Crippen LogP contribution in [0.5, 0.6) is 0 Å². The average Bonchev–Trinajstić information content (AvgIpc) is 3.32. The molecule has 1 aromatic carbocycles. The molecule has 168 valence electrons. The van der Waals surface area contributed by atoms with Crippen molar-refractivity contribution in [2.75, 3.05) is 46.1 Å². The molecule has 2 unspecified atom stereocenters. The normalized spacial score (nSPS) is 20.7. The fraction of sp³-hybridized carbons (Fsp3) is 0.591. The highest BCUT2D eigenvalue weighted by atomic mass is 16.5. The third-order valence-corrected chi connectivity index (χ3v) is 6.28. The van der Waals surface area contributed by atoms with Crippen LogP contribution >= 0.6 is 0 Å². The minimum atomic E-state index is -0.463. The number of ether oxygens (including phenoxy) is 2. The molecule has 2 aliphatic heterocycles.